The molecule has 0 spiro atoms. The summed E-state index contributed by atoms with van der Waals surface area (Å²) in [6.07, 6.45) is 0. The molecule has 1 rings (SSSR count). The fourth-order valence-electron chi connectivity index (χ4n) is 1.66. The summed E-state index contributed by atoms with van der Waals surface area (Å²) in [4.78, 5) is 2.29. The zero-order valence-electron chi connectivity index (χ0n) is 9.45. The van der Waals surface area contributed by atoms with Gasteiger partial charge in [-0.15, -0.1) is 0 Å². The molecular formula is C12H21N3. The number of rotatable bonds is 6. The Morgan fingerprint density at radius 1 is 1.07 bits per heavy atom. The maximum atomic E-state index is 5.57. The molecule has 0 aromatic heterocycles. The van der Waals surface area contributed by atoms with Crippen molar-refractivity contribution in [1.82, 2.24) is 4.90 Å². The SMILES string of the molecule is Cc1ccccc1CN(CCN)CCN. The molecule has 0 unspecified atom stereocenters. The summed E-state index contributed by atoms with van der Waals surface area (Å²) in [7, 11) is 0. The van der Waals surface area contributed by atoms with E-state index < -0.39 is 0 Å². The van der Waals surface area contributed by atoms with Crippen molar-refractivity contribution in [2.45, 2.75) is 13.5 Å². The zero-order chi connectivity index (χ0) is 11.1. The van der Waals surface area contributed by atoms with Gasteiger partial charge in [0, 0.05) is 32.7 Å². The average Bonchev–Trinajstić information content (AvgIpc) is 2.22. The Kier molecular flexibility index (Phi) is 5.32. The van der Waals surface area contributed by atoms with Crippen molar-refractivity contribution in [3.05, 3.63) is 35.4 Å². The van der Waals surface area contributed by atoms with E-state index in [1.165, 1.54) is 11.1 Å². The molecule has 0 heterocycles. The predicted molar refractivity (Wildman–Crippen MR) is 64.6 cm³/mol. The van der Waals surface area contributed by atoms with Gasteiger partial charge < -0.3 is 11.5 Å². The Bertz CT molecular complexity index is 280. The number of nitrogens with zero attached hydrogens (tertiary/aromatic N) is 1. The molecule has 1 aromatic rings. The third-order valence-electron chi connectivity index (χ3n) is 2.55. The number of nitrogens with two attached hydrogens (primary N) is 2. The Morgan fingerprint density at radius 2 is 1.67 bits per heavy atom. The summed E-state index contributed by atoms with van der Waals surface area (Å²) < 4.78 is 0. The van der Waals surface area contributed by atoms with Crippen molar-refractivity contribution >= 4 is 0 Å². The molecule has 0 saturated heterocycles. The zero-order valence-corrected chi connectivity index (χ0v) is 9.45. The molecule has 0 bridgehead atoms. The molecule has 1 aromatic carbocycles. The highest BCUT2D eigenvalue weighted by Crippen LogP contribution is 2.09. The molecule has 4 N–H and O–H groups in total. The third kappa shape index (κ3) is 4.00. The number of hydrogen-bond acceptors (Lipinski definition) is 3. The van der Waals surface area contributed by atoms with Crippen LogP contribution in [0.2, 0.25) is 0 Å². The van der Waals surface area contributed by atoms with E-state index in [9.17, 15) is 0 Å². The lowest BCUT2D eigenvalue weighted by molar-refractivity contribution is 0.280. The molecule has 0 amide bonds. The van der Waals surface area contributed by atoms with Gasteiger partial charge in [-0.05, 0) is 18.1 Å². The van der Waals surface area contributed by atoms with E-state index in [0.29, 0.717) is 13.1 Å². The lowest BCUT2D eigenvalue weighted by Crippen LogP contribution is -2.33. The fraction of sp³-hybridized carbons (Fsp3) is 0.500. The van der Waals surface area contributed by atoms with Gasteiger partial charge in [-0.25, -0.2) is 0 Å². The molecule has 0 radical (unpaired) electrons. The molecule has 0 aliphatic carbocycles. The lowest BCUT2D eigenvalue weighted by Gasteiger charge is -2.21. The van der Waals surface area contributed by atoms with E-state index in [4.69, 9.17) is 11.5 Å². The largest absolute Gasteiger partial charge is 0.329 e. The van der Waals surface area contributed by atoms with Crippen LogP contribution in [0.4, 0.5) is 0 Å². The van der Waals surface area contributed by atoms with Crippen molar-refractivity contribution in [2.75, 3.05) is 26.2 Å². The van der Waals surface area contributed by atoms with E-state index >= 15 is 0 Å². The molecule has 84 valence electrons. The smallest absolute Gasteiger partial charge is 0.0237 e. The first kappa shape index (κ1) is 12.2. The van der Waals surface area contributed by atoms with Crippen molar-refractivity contribution in [2.24, 2.45) is 11.5 Å². The Hall–Kier alpha value is -0.900. The van der Waals surface area contributed by atoms with Crippen LogP contribution in [0.15, 0.2) is 24.3 Å². The number of hydrogen-bond donors (Lipinski definition) is 2. The first-order valence-corrected chi connectivity index (χ1v) is 5.45. The minimum absolute atomic E-state index is 0.686. The van der Waals surface area contributed by atoms with Crippen molar-refractivity contribution in [3.8, 4) is 0 Å². The van der Waals surface area contributed by atoms with E-state index in [1.54, 1.807) is 0 Å². The Morgan fingerprint density at radius 3 is 2.20 bits per heavy atom. The molecule has 0 fully saturated rings. The molecule has 3 nitrogen and oxygen atoms in total. The van der Waals surface area contributed by atoms with Gasteiger partial charge in [-0.1, -0.05) is 24.3 Å². The lowest BCUT2D eigenvalue weighted by atomic mass is 10.1. The van der Waals surface area contributed by atoms with Gasteiger partial charge in [0.25, 0.3) is 0 Å². The molecule has 0 atom stereocenters. The topological polar surface area (TPSA) is 55.3 Å². The third-order valence-corrected chi connectivity index (χ3v) is 2.55. The van der Waals surface area contributed by atoms with E-state index in [1.807, 2.05) is 0 Å². The minimum atomic E-state index is 0.686. The molecule has 0 saturated carbocycles. The summed E-state index contributed by atoms with van der Waals surface area (Å²) in [5.74, 6) is 0. The first-order chi connectivity index (χ1) is 7.27. The average molecular weight is 207 g/mol. The summed E-state index contributed by atoms with van der Waals surface area (Å²) in [6.45, 7) is 6.27. The standard InChI is InChI=1S/C12H21N3/c1-11-4-2-3-5-12(11)10-15(8-6-13)9-7-14/h2-5H,6-10,13-14H2,1H3. The van der Waals surface area contributed by atoms with Crippen molar-refractivity contribution in [1.29, 1.82) is 0 Å². The highest BCUT2D eigenvalue weighted by molar-refractivity contribution is 5.25. The van der Waals surface area contributed by atoms with Crippen LogP contribution < -0.4 is 11.5 Å². The summed E-state index contributed by atoms with van der Waals surface area (Å²) >= 11 is 0. The van der Waals surface area contributed by atoms with Crippen LogP contribution in [0, 0.1) is 6.92 Å². The minimum Gasteiger partial charge on any atom is -0.329 e. The second-order valence-electron chi connectivity index (χ2n) is 3.78. The second-order valence-corrected chi connectivity index (χ2v) is 3.78. The van der Waals surface area contributed by atoms with Gasteiger partial charge in [-0.3, -0.25) is 4.90 Å². The molecular weight excluding hydrogens is 186 g/mol. The maximum Gasteiger partial charge on any atom is 0.0237 e. The summed E-state index contributed by atoms with van der Waals surface area (Å²) in [5.41, 5.74) is 13.8. The normalized spacial score (nSPS) is 10.9. The summed E-state index contributed by atoms with van der Waals surface area (Å²) in [5, 5.41) is 0. The molecule has 0 aliphatic heterocycles. The molecule has 15 heavy (non-hydrogen) atoms. The van der Waals surface area contributed by atoms with Gasteiger partial charge in [0.05, 0.1) is 0 Å². The van der Waals surface area contributed by atoms with Crippen LogP contribution in [0.3, 0.4) is 0 Å². The van der Waals surface area contributed by atoms with Gasteiger partial charge >= 0.3 is 0 Å². The summed E-state index contributed by atoms with van der Waals surface area (Å²) in [6, 6.07) is 8.44. The highest BCUT2D eigenvalue weighted by atomic mass is 15.1. The highest BCUT2D eigenvalue weighted by Gasteiger charge is 2.05. The first-order valence-electron chi connectivity index (χ1n) is 5.45. The Labute approximate surface area is 92.1 Å². The van der Waals surface area contributed by atoms with Crippen LogP contribution >= 0.6 is 0 Å². The molecule has 3 heteroatoms. The second kappa shape index (κ2) is 6.56. The van der Waals surface area contributed by atoms with Crippen molar-refractivity contribution < 1.29 is 0 Å². The maximum absolute atomic E-state index is 5.57. The van der Waals surface area contributed by atoms with Gasteiger partial charge in [-0.2, -0.15) is 0 Å². The number of aryl methyl sites for hydroxylation is 1. The predicted octanol–water partition coefficient (Wildman–Crippen LogP) is 0.714. The van der Waals surface area contributed by atoms with E-state index in [2.05, 4.69) is 36.1 Å². The van der Waals surface area contributed by atoms with Crippen molar-refractivity contribution in [3.63, 3.8) is 0 Å². The van der Waals surface area contributed by atoms with E-state index in [0.717, 1.165) is 19.6 Å². The quantitative estimate of drug-likeness (QED) is 0.722. The van der Waals surface area contributed by atoms with Gasteiger partial charge in [0.2, 0.25) is 0 Å². The van der Waals surface area contributed by atoms with Crippen LogP contribution in [0.5, 0.6) is 0 Å². The van der Waals surface area contributed by atoms with E-state index in [-0.39, 0.29) is 0 Å². The van der Waals surface area contributed by atoms with Crippen LogP contribution in [0.1, 0.15) is 11.1 Å². The number of benzene rings is 1. The van der Waals surface area contributed by atoms with Gasteiger partial charge in [0.1, 0.15) is 0 Å². The molecule has 0 aliphatic rings. The van der Waals surface area contributed by atoms with Crippen LogP contribution in [-0.4, -0.2) is 31.1 Å². The van der Waals surface area contributed by atoms with Crippen LogP contribution in [0.25, 0.3) is 0 Å². The van der Waals surface area contributed by atoms with Crippen LogP contribution in [-0.2, 0) is 6.54 Å². The fourth-order valence-corrected chi connectivity index (χ4v) is 1.66. The van der Waals surface area contributed by atoms with Gasteiger partial charge in [0.15, 0.2) is 0 Å². The Balaban J connectivity index is 2.60. The monoisotopic (exact) mass is 207 g/mol.